The summed E-state index contributed by atoms with van der Waals surface area (Å²) in [6.45, 7) is 4.29. The number of hydrogen-bond donors (Lipinski definition) is 0. The van der Waals surface area contributed by atoms with Gasteiger partial charge in [-0.25, -0.2) is 4.98 Å². The summed E-state index contributed by atoms with van der Waals surface area (Å²) in [5, 5.41) is 1.02. The van der Waals surface area contributed by atoms with Crippen LogP contribution in [-0.2, 0) is 16.1 Å². The van der Waals surface area contributed by atoms with Crippen molar-refractivity contribution >= 4 is 40.2 Å². The molecule has 1 atom stereocenters. The van der Waals surface area contributed by atoms with E-state index in [1.54, 1.807) is 46.1 Å². The Bertz CT molecular complexity index is 1080. The highest BCUT2D eigenvalue weighted by atomic mass is 35.5. The summed E-state index contributed by atoms with van der Waals surface area (Å²) < 4.78 is 12.3. The van der Waals surface area contributed by atoms with Crippen LogP contribution in [0.2, 0.25) is 5.02 Å². The van der Waals surface area contributed by atoms with Gasteiger partial charge >= 0.3 is 0 Å². The molecule has 0 radical (unpaired) electrons. The molecule has 1 amide bonds. The zero-order chi connectivity index (χ0) is 20.4. The summed E-state index contributed by atoms with van der Waals surface area (Å²) >= 11 is 7.36. The zero-order valence-electron chi connectivity index (χ0n) is 15.8. The first-order valence-electron chi connectivity index (χ1n) is 9.28. The monoisotopic (exact) mass is 433 g/mol. The van der Waals surface area contributed by atoms with Crippen LogP contribution in [-0.4, -0.2) is 51.9 Å². The Balaban J connectivity index is 1.70. The number of ether oxygens (including phenoxy) is 1. The number of hydrogen-bond acceptors (Lipinski definition) is 6. The number of nitrogens with zero attached hydrogens (tertiary/aromatic N) is 3. The van der Waals surface area contributed by atoms with Crippen molar-refractivity contribution in [2.45, 2.75) is 23.9 Å². The van der Waals surface area contributed by atoms with Crippen LogP contribution < -0.4 is 5.56 Å². The lowest BCUT2D eigenvalue weighted by Gasteiger charge is -2.29. The molecular formula is C20H20ClN3O4S. The lowest BCUT2D eigenvalue weighted by molar-refractivity contribution is -0.134. The number of fused-ring (bicyclic) bond motifs is 1. The van der Waals surface area contributed by atoms with Crippen molar-refractivity contribution in [2.75, 3.05) is 26.3 Å². The van der Waals surface area contributed by atoms with Crippen LogP contribution in [0.25, 0.3) is 10.9 Å². The van der Waals surface area contributed by atoms with Crippen molar-refractivity contribution < 1.29 is 13.9 Å². The molecule has 7 nitrogen and oxygen atoms in total. The fourth-order valence-electron chi connectivity index (χ4n) is 3.21. The second-order valence-corrected chi connectivity index (χ2v) is 8.47. The third-order valence-corrected chi connectivity index (χ3v) is 6.04. The lowest BCUT2D eigenvalue weighted by atomic mass is 10.2. The van der Waals surface area contributed by atoms with E-state index in [2.05, 4.69) is 4.98 Å². The average Bonchev–Trinajstić information content (AvgIpc) is 3.24. The van der Waals surface area contributed by atoms with Crippen molar-refractivity contribution in [1.29, 1.82) is 0 Å². The highest BCUT2D eigenvalue weighted by Gasteiger charge is 2.25. The zero-order valence-corrected chi connectivity index (χ0v) is 17.4. The second kappa shape index (κ2) is 8.61. The molecule has 29 heavy (non-hydrogen) atoms. The molecule has 3 aromatic rings. The molecule has 0 bridgehead atoms. The van der Waals surface area contributed by atoms with Gasteiger partial charge in [-0.3, -0.25) is 14.2 Å². The molecule has 9 heteroatoms. The van der Waals surface area contributed by atoms with Crippen LogP contribution in [0.4, 0.5) is 0 Å². The van der Waals surface area contributed by atoms with Crippen LogP contribution >= 0.6 is 23.4 Å². The van der Waals surface area contributed by atoms with Gasteiger partial charge in [-0.1, -0.05) is 23.4 Å². The minimum absolute atomic E-state index is 0.00305. The Labute approximate surface area is 176 Å². The van der Waals surface area contributed by atoms with E-state index in [1.165, 1.54) is 11.8 Å². The molecule has 3 heterocycles. The van der Waals surface area contributed by atoms with Gasteiger partial charge in [0.15, 0.2) is 5.16 Å². The van der Waals surface area contributed by atoms with Crippen LogP contribution in [0.3, 0.4) is 0 Å². The second-order valence-electron chi connectivity index (χ2n) is 6.72. The van der Waals surface area contributed by atoms with Crippen LogP contribution in [0.5, 0.6) is 0 Å². The van der Waals surface area contributed by atoms with Crippen LogP contribution in [0.15, 0.2) is 51.0 Å². The van der Waals surface area contributed by atoms with Crippen molar-refractivity contribution in [1.82, 2.24) is 14.5 Å². The fraction of sp³-hybridized carbons (Fsp3) is 0.350. The smallest absolute Gasteiger partial charge is 0.262 e. The van der Waals surface area contributed by atoms with Gasteiger partial charge in [0.2, 0.25) is 5.91 Å². The van der Waals surface area contributed by atoms with E-state index < -0.39 is 5.25 Å². The predicted octanol–water partition coefficient (Wildman–Crippen LogP) is 3.03. The van der Waals surface area contributed by atoms with E-state index >= 15 is 0 Å². The third-order valence-electron chi connectivity index (χ3n) is 4.73. The van der Waals surface area contributed by atoms with Gasteiger partial charge < -0.3 is 14.1 Å². The summed E-state index contributed by atoms with van der Waals surface area (Å²) in [7, 11) is 0. The summed E-state index contributed by atoms with van der Waals surface area (Å²) in [5.41, 5.74) is 0.309. The van der Waals surface area contributed by atoms with Gasteiger partial charge in [-0.2, -0.15) is 0 Å². The van der Waals surface area contributed by atoms with Crippen molar-refractivity contribution in [3.63, 3.8) is 0 Å². The van der Waals surface area contributed by atoms with Gasteiger partial charge in [-0.05, 0) is 37.3 Å². The molecule has 0 spiro atoms. The quantitative estimate of drug-likeness (QED) is 0.454. The van der Waals surface area contributed by atoms with E-state index in [9.17, 15) is 9.59 Å². The fourth-order valence-corrected chi connectivity index (χ4v) is 4.37. The largest absolute Gasteiger partial charge is 0.467 e. The van der Waals surface area contributed by atoms with Crippen LogP contribution in [0, 0.1) is 0 Å². The number of rotatable bonds is 5. The van der Waals surface area contributed by atoms with E-state index in [1.807, 2.05) is 6.92 Å². The molecule has 1 aliphatic heterocycles. The number of benzene rings is 1. The first-order chi connectivity index (χ1) is 14.0. The van der Waals surface area contributed by atoms with Crippen LogP contribution in [0.1, 0.15) is 12.7 Å². The van der Waals surface area contributed by atoms with Crippen molar-refractivity contribution in [2.24, 2.45) is 0 Å². The number of halogens is 1. The standard InChI is InChI=1S/C20H20ClN3O4S/c1-13(18(25)23-6-9-27-10-7-23)29-20-22-17-11-14(21)4-5-16(17)19(26)24(20)12-15-3-2-8-28-15/h2-5,8,11,13H,6-7,9-10,12H2,1H3. The molecule has 1 fully saturated rings. The number of furan rings is 1. The molecule has 1 unspecified atom stereocenters. The Morgan fingerprint density at radius 1 is 1.31 bits per heavy atom. The minimum Gasteiger partial charge on any atom is -0.467 e. The number of carbonyl (C=O) groups is 1. The van der Waals surface area contributed by atoms with Gasteiger partial charge in [0.1, 0.15) is 5.76 Å². The Hall–Kier alpha value is -2.29. The van der Waals surface area contributed by atoms with E-state index in [0.717, 1.165) is 0 Å². The maximum absolute atomic E-state index is 13.2. The third kappa shape index (κ3) is 4.34. The predicted molar refractivity (Wildman–Crippen MR) is 112 cm³/mol. The minimum atomic E-state index is -0.403. The highest BCUT2D eigenvalue weighted by molar-refractivity contribution is 8.00. The lowest BCUT2D eigenvalue weighted by Crippen LogP contribution is -2.44. The summed E-state index contributed by atoms with van der Waals surface area (Å²) in [6.07, 6.45) is 1.56. The van der Waals surface area contributed by atoms with Gasteiger partial charge in [0, 0.05) is 18.1 Å². The van der Waals surface area contributed by atoms with Gasteiger partial charge in [0.25, 0.3) is 5.56 Å². The molecular weight excluding hydrogens is 414 g/mol. The molecule has 0 N–H and O–H groups in total. The molecule has 2 aromatic heterocycles. The van der Waals surface area contributed by atoms with E-state index in [0.29, 0.717) is 53.1 Å². The SMILES string of the molecule is CC(Sc1nc2cc(Cl)ccc2c(=O)n1Cc1ccco1)C(=O)N1CCOCC1. The number of amides is 1. The molecule has 4 rings (SSSR count). The maximum Gasteiger partial charge on any atom is 0.262 e. The highest BCUT2D eigenvalue weighted by Crippen LogP contribution is 2.26. The Kier molecular flexibility index (Phi) is 5.94. The first-order valence-corrected chi connectivity index (χ1v) is 10.5. The van der Waals surface area contributed by atoms with Gasteiger partial charge in [-0.15, -0.1) is 0 Å². The molecule has 0 saturated carbocycles. The summed E-state index contributed by atoms with van der Waals surface area (Å²) in [6, 6.07) is 8.57. The topological polar surface area (TPSA) is 77.6 Å². The van der Waals surface area contributed by atoms with Crippen molar-refractivity contribution in [3.8, 4) is 0 Å². The molecule has 1 aromatic carbocycles. The van der Waals surface area contributed by atoms with Gasteiger partial charge in [0.05, 0.1) is 42.2 Å². The summed E-state index contributed by atoms with van der Waals surface area (Å²) in [4.78, 5) is 32.4. The number of aromatic nitrogens is 2. The molecule has 0 aliphatic carbocycles. The molecule has 1 aliphatic rings. The average molecular weight is 434 g/mol. The number of morpholine rings is 1. The first kappa shape index (κ1) is 20.0. The molecule has 152 valence electrons. The Morgan fingerprint density at radius 3 is 2.83 bits per heavy atom. The number of thioether (sulfide) groups is 1. The van der Waals surface area contributed by atoms with Crippen molar-refractivity contribution in [3.05, 3.63) is 57.7 Å². The van der Waals surface area contributed by atoms with E-state index in [4.69, 9.17) is 20.8 Å². The normalized spacial score (nSPS) is 15.6. The molecule has 1 saturated heterocycles. The Morgan fingerprint density at radius 2 is 2.10 bits per heavy atom. The summed E-state index contributed by atoms with van der Waals surface area (Å²) in [5.74, 6) is 0.638. The van der Waals surface area contributed by atoms with E-state index in [-0.39, 0.29) is 18.0 Å². The number of carbonyl (C=O) groups excluding carboxylic acids is 1. The maximum atomic E-state index is 13.2.